The number of nitrogens with zero attached hydrogens (tertiary/aromatic N) is 1. The predicted molar refractivity (Wildman–Crippen MR) is 55.2 cm³/mol. The number of thiophene rings is 1. The van der Waals surface area contributed by atoms with E-state index in [0.29, 0.717) is 0 Å². The minimum Gasteiger partial charge on any atom is -0.379 e. The first kappa shape index (κ1) is 9.19. The summed E-state index contributed by atoms with van der Waals surface area (Å²) in [4.78, 5) is 5.33. The Labute approximate surface area is 83.1 Å². The van der Waals surface area contributed by atoms with Gasteiger partial charge in [0, 0.05) is 29.4 Å². The molecule has 1 aromatic rings. The van der Waals surface area contributed by atoms with Crippen LogP contribution >= 0.6 is 11.3 Å². The van der Waals surface area contributed by atoms with Gasteiger partial charge in [-0.25, -0.2) is 0 Å². The zero-order valence-corrected chi connectivity index (χ0v) is 8.77. The SMILES string of the molecule is Cc1ccc(CN2CCOCC2)s1. The van der Waals surface area contributed by atoms with E-state index >= 15 is 0 Å². The molecule has 1 fully saturated rings. The van der Waals surface area contributed by atoms with Gasteiger partial charge < -0.3 is 4.74 Å². The van der Waals surface area contributed by atoms with E-state index in [1.54, 1.807) is 0 Å². The van der Waals surface area contributed by atoms with E-state index in [9.17, 15) is 0 Å². The summed E-state index contributed by atoms with van der Waals surface area (Å²) in [6.07, 6.45) is 0. The molecule has 0 bridgehead atoms. The molecule has 0 aliphatic carbocycles. The van der Waals surface area contributed by atoms with E-state index in [4.69, 9.17) is 4.74 Å². The van der Waals surface area contributed by atoms with E-state index in [1.165, 1.54) is 9.75 Å². The van der Waals surface area contributed by atoms with Crippen molar-refractivity contribution in [2.75, 3.05) is 26.3 Å². The molecule has 3 heteroatoms. The second-order valence-electron chi connectivity index (χ2n) is 3.40. The monoisotopic (exact) mass is 197 g/mol. The first-order valence-electron chi connectivity index (χ1n) is 4.70. The maximum Gasteiger partial charge on any atom is 0.0594 e. The van der Waals surface area contributed by atoms with Crippen LogP contribution < -0.4 is 0 Å². The van der Waals surface area contributed by atoms with Crippen LogP contribution in [0.5, 0.6) is 0 Å². The second-order valence-corrected chi connectivity index (χ2v) is 4.77. The van der Waals surface area contributed by atoms with Crippen LogP contribution in [-0.2, 0) is 11.3 Å². The Balaban J connectivity index is 1.89. The Morgan fingerprint density at radius 3 is 2.77 bits per heavy atom. The minimum atomic E-state index is 0.893. The lowest BCUT2D eigenvalue weighted by Crippen LogP contribution is -2.35. The minimum absolute atomic E-state index is 0.893. The first-order chi connectivity index (χ1) is 6.34. The highest BCUT2D eigenvalue weighted by Crippen LogP contribution is 2.17. The highest BCUT2D eigenvalue weighted by atomic mass is 32.1. The summed E-state index contributed by atoms with van der Waals surface area (Å²) < 4.78 is 5.30. The van der Waals surface area contributed by atoms with Gasteiger partial charge in [-0.2, -0.15) is 0 Å². The third-order valence-electron chi connectivity index (χ3n) is 2.28. The van der Waals surface area contributed by atoms with Crippen molar-refractivity contribution in [2.24, 2.45) is 0 Å². The van der Waals surface area contributed by atoms with Crippen LogP contribution in [-0.4, -0.2) is 31.2 Å². The Morgan fingerprint density at radius 1 is 1.38 bits per heavy atom. The molecule has 0 amide bonds. The Kier molecular flexibility index (Phi) is 2.98. The maximum absolute atomic E-state index is 5.30. The topological polar surface area (TPSA) is 12.5 Å². The van der Waals surface area contributed by atoms with Crippen LogP contribution in [0, 0.1) is 6.92 Å². The molecule has 2 nitrogen and oxygen atoms in total. The smallest absolute Gasteiger partial charge is 0.0594 e. The maximum atomic E-state index is 5.30. The van der Waals surface area contributed by atoms with Crippen LogP contribution in [0.4, 0.5) is 0 Å². The van der Waals surface area contributed by atoms with Crippen LogP contribution in [0.15, 0.2) is 12.1 Å². The van der Waals surface area contributed by atoms with Gasteiger partial charge in [0.05, 0.1) is 13.2 Å². The average Bonchev–Trinajstić information content (AvgIpc) is 2.53. The van der Waals surface area contributed by atoms with Crippen molar-refractivity contribution in [3.63, 3.8) is 0 Å². The van der Waals surface area contributed by atoms with Gasteiger partial charge in [-0.3, -0.25) is 4.90 Å². The molecule has 2 heterocycles. The van der Waals surface area contributed by atoms with Crippen molar-refractivity contribution in [1.82, 2.24) is 4.90 Å². The molecular weight excluding hydrogens is 182 g/mol. The van der Waals surface area contributed by atoms with E-state index in [1.807, 2.05) is 11.3 Å². The largest absolute Gasteiger partial charge is 0.379 e. The third kappa shape index (κ3) is 2.53. The highest BCUT2D eigenvalue weighted by molar-refractivity contribution is 7.11. The van der Waals surface area contributed by atoms with Crippen molar-refractivity contribution in [3.8, 4) is 0 Å². The zero-order valence-electron chi connectivity index (χ0n) is 7.95. The highest BCUT2D eigenvalue weighted by Gasteiger charge is 2.10. The zero-order chi connectivity index (χ0) is 9.10. The van der Waals surface area contributed by atoms with E-state index in [0.717, 1.165) is 32.8 Å². The molecule has 13 heavy (non-hydrogen) atoms. The number of hydrogen-bond acceptors (Lipinski definition) is 3. The van der Waals surface area contributed by atoms with Gasteiger partial charge in [-0.1, -0.05) is 0 Å². The van der Waals surface area contributed by atoms with Crippen LogP contribution in [0.3, 0.4) is 0 Å². The molecule has 0 spiro atoms. The fraction of sp³-hybridized carbons (Fsp3) is 0.600. The van der Waals surface area contributed by atoms with Gasteiger partial charge in [-0.05, 0) is 19.1 Å². The van der Waals surface area contributed by atoms with Crippen molar-refractivity contribution in [2.45, 2.75) is 13.5 Å². The number of rotatable bonds is 2. The number of morpholine rings is 1. The summed E-state index contributed by atoms with van der Waals surface area (Å²) in [7, 11) is 0. The van der Waals surface area contributed by atoms with E-state index < -0.39 is 0 Å². The molecule has 0 radical (unpaired) electrons. The molecule has 0 aromatic carbocycles. The lowest BCUT2D eigenvalue weighted by molar-refractivity contribution is 0.0346. The molecule has 2 rings (SSSR count). The molecule has 1 saturated heterocycles. The molecular formula is C10H15NOS. The Bertz CT molecular complexity index is 266. The average molecular weight is 197 g/mol. The van der Waals surface area contributed by atoms with Crippen molar-refractivity contribution >= 4 is 11.3 Å². The lowest BCUT2D eigenvalue weighted by atomic mass is 10.3. The predicted octanol–water partition coefficient (Wildman–Crippen LogP) is 1.89. The third-order valence-corrected chi connectivity index (χ3v) is 3.26. The van der Waals surface area contributed by atoms with Crippen molar-refractivity contribution < 1.29 is 4.74 Å². The van der Waals surface area contributed by atoms with Gasteiger partial charge in [0.2, 0.25) is 0 Å². The second kappa shape index (κ2) is 4.22. The van der Waals surface area contributed by atoms with Crippen molar-refractivity contribution in [3.05, 3.63) is 21.9 Å². The first-order valence-corrected chi connectivity index (χ1v) is 5.52. The van der Waals surface area contributed by atoms with E-state index in [-0.39, 0.29) is 0 Å². The molecule has 0 saturated carbocycles. The summed E-state index contributed by atoms with van der Waals surface area (Å²) >= 11 is 1.90. The Hall–Kier alpha value is -0.380. The summed E-state index contributed by atoms with van der Waals surface area (Å²) in [5.74, 6) is 0. The van der Waals surface area contributed by atoms with Gasteiger partial charge in [-0.15, -0.1) is 11.3 Å². The van der Waals surface area contributed by atoms with Gasteiger partial charge >= 0.3 is 0 Å². The van der Waals surface area contributed by atoms with Crippen LogP contribution in [0.1, 0.15) is 9.75 Å². The number of aryl methyl sites for hydroxylation is 1. The number of hydrogen-bond donors (Lipinski definition) is 0. The summed E-state index contributed by atoms with van der Waals surface area (Å²) in [6.45, 7) is 7.21. The number of ether oxygens (including phenoxy) is 1. The molecule has 1 aliphatic heterocycles. The standard InChI is InChI=1S/C10H15NOS/c1-9-2-3-10(13-9)8-11-4-6-12-7-5-11/h2-3H,4-8H2,1H3. The molecule has 0 N–H and O–H groups in total. The van der Waals surface area contributed by atoms with Crippen LogP contribution in [0.2, 0.25) is 0 Å². The van der Waals surface area contributed by atoms with Crippen LogP contribution in [0.25, 0.3) is 0 Å². The molecule has 1 aliphatic rings. The molecule has 0 atom stereocenters. The normalized spacial score (nSPS) is 19.2. The van der Waals surface area contributed by atoms with E-state index in [2.05, 4.69) is 24.0 Å². The fourth-order valence-electron chi connectivity index (χ4n) is 1.55. The lowest BCUT2D eigenvalue weighted by Gasteiger charge is -2.25. The quantitative estimate of drug-likeness (QED) is 0.718. The fourth-order valence-corrected chi connectivity index (χ4v) is 2.48. The van der Waals surface area contributed by atoms with Crippen molar-refractivity contribution in [1.29, 1.82) is 0 Å². The summed E-state index contributed by atoms with van der Waals surface area (Å²) in [5.41, 5.74) is 0. The molecule has 1 aromatic heterocycles. The molecule has 72 valence electrons. The molecule has 0 unspecified atom stereocenters. The summed E-state index contributed by atoms with van der Waals surface area (Å²) in [6, 6.07) is 4.43. The Morgan fingerprint density at radius 2 is 2.15 bits per heavy atom. The summed E-state index contributed by atoms with van der Waals surface area (Å²) in [5, 5.41) is 0. The van der Waals surface area contributed by atoms with Gasteiger partial charge in [0.15, 0.2) is 0 Å². The van der Waals surface area contributed by atoms with Gasteiger partial charge in [0.1, 0.15) is 0 Å². The van der Waals surface area contributed by atoms with Gasteiger partial charge in [0.25, 0.3) is 0 Å².